The molecule has 1 atom stereocenters. The average Bonchev–Trinajstić information content (AvgIpc) is 2.55. The topological polar surface area (TPSA) is 64.0 Å². The molecule has 2 aromatic rings. The van der Waals surface area contributed by atoms with Gasteiger partial charge in [0.05, 0.1) is 16.7 Å². The van der Waals surface area contributed by atoms with E-state index in [9.17, 15) is 9.59 Å². The Morgan fingerprint density at radius 2 is 1.96 bits per heavy atom. The molecule has 0 aliphatic carbocycles. The van der Waals surface area contributed by atoms with E-state index in [4.69, 9.17) is 0 Å². The number of hydrogen-bond donors (Lipinski definition) is 1. The Kier molecular flexibility index (Phi) is 6.43. The van der Waals surface area contributed by atoms with Crippen LogP contribution in [0.2, 0.25) is 0 Å². The van der Waals surface area contributed by atoms with Crippen LogP contribution < -0.4 is 10.9 Å². The smallest absolute Gasteiger partial charge is 0.261 e. The van der Waals surface area contributed by atoms with Crippen molar-refractivity contribution in [2.24, 2.45) is 13.0 Å². The minimum Gasteiger partial charge on any atom is -0.353 e. The quantitative estimate of drug-likeness (QED) is 0.618. The summed E-state index contributed by atoms with van der Waals surface area (Å²) in [6, 6.07) is 7.42. The van der Waals surface area contributed by atoms with Crippen LogP contribution in [-0.4, -0.2) is 27.3 Å². The summed E-state index contributed by atoms with van der Waals surface area (Å²) in [6.45, 7) is 6.38. The van der Waals surface area contributed by atoms with Crippen molar-refractivity contribution in [3.63, 3.8) is 0 Å². The van der Waals surface area contributed by atoms with E-state index in [-0.39, 0.29) is 23.3 Å². The summed E-state index contributed by atoms with van der Waals surface area (Å²) in [5, 5.41) is 4.15. The zero-order valence-electron chi connectivity index (χ0n) is 14.7. The molecule has 1 amide bonds. The Balaban J connectivity index is 1.99. The molecule has 0 spiro atoms. The lowest BCUT2D eigenvalue weighted by molar-refractivity contribution is -0.119. The van der Waals surface area contributed by atoms with Crippen LogP contribution in [0, 0.1) is 5.92 Å². The van der Waals surface area contributed by atoms with Crippen molar-refractivity contribution < 1.29 is 4.79 Å². The van der Waals surface area contributed by atoms with E-state index in [1.165, 1.54) is 16.3 Å². The van der Waals surface area contributed by atoms with Gasteiger partial charge in [-0.2, -0.15) is 0 Å². The van der Waals surface area contributed by atoms with Crippen molar-refractivity contribution in [2.75, 3.05) is 5.75 Å². The van der Waals surface area contributed by atoms with Gasteiger partial charge in [0.1, 0.15) is 0 Å². The second kappa shape index (κ2) is 8.33. The third kappa shape index (κ3) is 4.84. The van der Waals surface area contributed by atoms with Crippen molar-refractivity contribution in [2.45, 2.75) is 44.8 Å². The highest BCUT2D eigenvalue weighted by molar-refractivity contribution is 7.99. The zero-order valence-corrected chi connectivity index (χ0v) is 15.5. The van der Waals surface area contributed by atoms with E-state index in [0.29, 0.717) is 22.0 Å². The van der Waals surface area contributed by atoms with Crippen LogP contribution in [0.5, 0.6) is 0 Å². The van der Waals surface area contributed by atoms with Crippen molar-refractivity contribution in [1.82, 2.24) is 14.9 Å². The van der Waals surface area contributed by atoms with Crippen LogP contribution in [0.1, 0.15) is 33.6 Å². The molecule has 1 aromatic heterocycles. The molecule has 5 nitrogen and oxygen atoms in total. The number of benzene rings is 1. The number of para-hydroxylation sites is 1. The Morgan fingerprint density at radius 1 is 1.25 bits per heavy atom. The molecule has 0 aliphatic rings. The normalized spacial score (nSPS) is 12.5. The van der Waals surface area contributed by atoms with Gasteiger partial charge in [-0.3, -0.25) is 14.2 Å². The molecule has 1 N–H and O–H groups in total. The molecule has 0 saturated carbocycles. The monoisotopic (exact) mass is 347 g/mol. The first-order valence-corrected chi connectivity index (χ1v) is 9.25. The molecule has 1 aromatic carbocycles. The van der Waals surface area contributed by atoms with Gasteiger partial charge >= 0.3 is 0 Å². The molecular formula is C18H25N3O2S. The van der Waals surface area contributed by atoms with Gasteiger partial charge in [-0.15, -0.1) is 0 Å². The molecule has 0 radical (unpaired) electrons. The summed E-state index contributed by atoms with van der Waals surface area (Å²) >= 11 is 1.29. The van der Waals surface area contributed by atoms with Crippen molar-refractivity contribution >= 4 is 28.6 Å². The van der Waals surface area contributed by atoms with E-state index in [1.54, 1.807) is 13.1 Å². The molecule has 2 rings (SSSR count). The van der Waals surface area contributed by atoms with E-state index >= 15 is 0 Å². The maximum absolute atomic E-state index is 12.3. The Hall–Kier alpha value is -1.82. The number of hydrogen-bond acceptors (Lipinski definition) is 4. The standard InChI is InChI=1S/C18H25N3O2S/c1-12(2)9-10-13(3)19-16(22)11-24-18-20-15-8-6-5-7-14(15)17(23)21(18)4/h5-8,12-13H,9-11H2,1-4H3,(H,19,22). The second-order valence-corrected chi connectivity index (χ2v) is 7.45. The first kappa shape index (κ1) is 18.5. The predicted octanol–water partition coefficient (Wildman–Crippen LogP) is 2.97. The van der Waals surface area contributed by atoms with E-state index in [1.807, 2.05) is 25.1 Å². The largest absolute Gasteiger partial charge is 0.353 e. The van der Waals surface area contributed by atoms with Crippen molar-refractivity contribution in [3.05, 3.63) is 34.6 Å². The van der Waals surface area contributed by atoms with Gasteiger partial charge in [0, 0.05) is 13.1 Å². The SMILES string of the molecule is CC(C)CCC(C)NC(=O)CSc1nc2ccccc2c(=O)n1C. The molecule has 24 heavy (non-hydrogen) atoms. The van der Waals surface area contributed by atoms with Crippen LogP contribution in [-0.2, 0) is 11.8 Å². The fourth-order valence-electron chi connectivity index (χ4n) is 2.43. The number of nitrogens with one attached hydrogen (secondary N) is 1. The number of nitrogens with zero attached hydrogens (tertiary/aromatic N) is 2. The van der Waals surface area contributed by atoms with Crippen LogP contribution in [0.25, 0.3) is 10.9 Å². The minimum absolute atomic E-state index is 0.0290. The average molecular weight is 347 g/mol. The van der Waals surface area contributed by atoms with Gasteiger partial charge in [-0.25, -0.2) is 4.98 Å². The van der Waals surface area contributed by atoms with Gasteiger partial charge in [0.15, 0.2) is 5.16 Å². The minimum atomic E-state index is -0.0891. The van der Waals surface area contributed by atoms with Crippen molar-refractivity contribution in [3.8, 4) is 0 Å². The summed E-state index contributed by atoms with van der Waals surface area (Å²) in [5.74, 6) is 0.860. The van der Waals surface area contributed by atoms with Gasteiger partial charge in [0.25, 0.3) is 5.56 Å². The van der Waals surface area contributed by atoms with E-state index in [2.05, 4.69) is 24.1 Å². The highest BCUT2D eigenvalue weighted by Crippen LogP contribution is 2.16. The first-order chi connectivity index (χ1) is 11.4. The van der Waals surface area contributed by atoms with E-state index in [0.717, 1.165) is 12.8 Å². The van der Waals surface area contributed by atoms with Gasteiger partial charge in [-0.1, -0.05) is 37.7 Å². The van der Waals surface area contributed by atoms with E-state index < -0.39 is 0 Å². The third-order valence-corrected chi connectivity index (χ3v) is 4.89. The molecule has 1 unspecified atom stereocenters. The maximum Gasteiger partial charge on any atom is 0.261 e. The molecule has 6 heteroatoms. The summed E-state index contributed by atoms with van der Waals surface area (Å²) in [5.41, 5.74) is 0.572. The van der Waals surface area contributed by atoms with Gasteiger partial charge in [-0.05, 0) is 37.8 Å². The van der Waals surface area contributed by atoms with Crippen LogP contribution >= 0.6 is 11.8 Å². The summed E-state index contributed by atoms with van der Waals surface area (Å²) < 4.78 is 1.50. The lowest BCUT2D eigenvalue weighted by Gasteiger charge is -2.15. The number of carbonyl (C=O) groups excluding carboxylic acids is 1. The summed E-state index contributed by atoms with van der Waals surface area (Å²) in [6.07, 6.45) is 2.07. The maximum atomic E-state index is 12.3. The first-order valence-electron chi connectivity index (χ1n) is 8.26. The molecule has 0 saturated heterocycles. The van der Waals surface area contributed by atoms with Crippen LogP contribution in [0.4, 0.5) is 0 Å². The van der Waals surface area contributed by atoms with Gasteiger partial charge in [0.2, 0.25) is 5.91 Å². The molecule has 0 fully saturated rings. The number of fused-ring (bicyclic) bond motifs is 1. The lowest BCUT2D eigenvalue weighted by atomic mass is 10.0. The number of thioether (sulfide) groups is 1. The number of carbonyl (C=O) groups is 1. The lowest BCUT2D eigenvalue weighted by Crippen LogP contribution is -2.34. The van der Waals surface area contributed by atoms with Gasteiger partial charge < -0.3 is 5.32 Å². The molecular weight excluding hydrogens is 322 g/mol. The fourth-order valence-corrected chi connectivity index (χ4v) is 3.21. The Morgan fingerprint density at radius 3 is 2.67 bits per heavy atom. The highest BCUT2D eigenvalue weighted by atomic mass is 32.2. The molecule has 0 aliphatic heterocycles. The predicted molar refractivity (Wildman–Crippen MR) is 99.4 cm³/mol. The number of aromatic nitrogens is 2. The molecule has 1 heterocycles. The Labute approximate surface area is 146 Å². The fraction of sp³-hybridized carbons (Fsp3) is 0.500. The molecule has 130 valence electrons. The highest BCUT2D eigenvalue weighted by Gasteiger charge is 2.12. The van der Waals surface area contributed by atoms with Crippen molar-refractivity contribution in [1.29, 1.82) is 0 Å². The molecule has 0 bridgehead atoms. The van der Waals surface area contributed by atoms with Crippen LogP contribution in [0.3, 0.4) is 0 Å². The van der Waals surface area contributed by atoms with Crippen LogP contribution in [0.15, 0.2) is 34.2 Å². The number of amides is 1. The summed E-state index contributed by atoms with van der Waals surface area (Å²) in [7, 11) is 1.69. The second-order valence-electron chi connectivity index (χ2n) is 6.50. The summed E-state index contributed by atoms with van der Waals surface area (Å²) in [4.78, 5) is 28.9. The Bertz CT molecular complexity index is 770. The number of rotatable bonds is 7. The zero-order chi connectivity index (χ0) is 17.7. The third-order valence-electron chi connectivity index (χ3n) is 3.86.